The maximum Gasteiger partial charge on any atom is 0.471 e. The number of carbonyl (C=O) groups is 2. The van der Waals surface area contributed by atoms with Crippen molar-refractivity contribution in [2.45, 2.75) is 25.3 Å². The first kappa shape index (κ1) is 18.8. The van der Waals surface area contributed by atoms with E-state index in [4.69, 9.17) is 0 Å². The highest BCUT2D eigenvalue weighted by Crippen LogP contribution is 2.29. The van der Waals surface area contributed by atoms with Crippen molar-refractivity contribution in [3.63, 3.8) is 0 Å². The summed E-state index contributed by atoms with van der Waals surface area (Å²) in [7, 11) is 0. The van der Waals surface area contributed by atoms with Crippen molar-refractivity contribution in [2.75, 3.05) is 6.54 Å². The van der Waals surface area contributed by atoms with Crippen LogP contribution in [0.3, 0.4) is 0 Å². The van der Waals surface area contributed by atoms with Crippen LogP contribution in [0, 0.1) is 0 Å². The molecule has 0 bridgehead atoms. The monoisotopic (exact) mass is 342 g/mol. The normalized spacial score (nSPS) is 11.9. The zero-order valence-corrected chi connectivity index (χ0v) is 11.5. The standard InChI is InChI=1S/C13H12F6N2O2/c14-12(15,16)9-3-1-2-8(6-9)7-21-10(22)4-5-20-11(23)13(17,18)19/h1-3,6H,4-5,7H2,(H,20,23)(H,21,22). The molecule has 10 heteroatoms. The molecule has 23 heavy (non-hydrogen) atoms. The summed E-state index contributed by atoms with van der Waals surface area (Å²) >= 11 is 0. The Morgan fingerprint density at radius 1 is 1.00 bits per heavy atom. The molecule has 0 unspecified atom stereocenters. The van der Waals surface area contributed by atoms with Gasteiger partial charge in [0.25, 0.3) is 0 Å². The lowest BCUT2D eigenvalue weighted by Gasteiger charge is -2.10. The molecule has 0 saturated heterocycles. The Kier molecular flexibility index (Phi) is 5.99. The zero-order valence-electron chi connectivity index (χ0n) is 11.5. The van der Waals surface area contributed by atoms with Gasteiger partial charge in [-0.1, -0.05) is 12.1 Å². The molecule has 4 nitrogen and oxygen atoms in total. The quantitative estimate of drug-likeness (QED) is 0.808. The van der Waals surface area contributed by atoms with Crippen molar-refractivity contribution in [3.8, 4) is 0 Å². The molecule has 2 N–H and O–H groups in total. The number of alkyl halides is 6. The Balaban J connectivity index is 2.41. The van der Waals surface area contributed by atoms with Gasteiger partial charge in [-0.05, 0) is 17.7 Å². The molecule has 0 aliphatic rings. The van der Waals surface area contributed by atoms with Gasteiger partial charge in [-0.3, -0.25) is 9.59 Å². The molecule has 0 aromatic heterocycles. The molecule has 0 aliphatic carbocycles. The number of rotatable bonds is 5. The third-order valence-electron chi connectivity index (χ3n) is 2.64. The van der Waals surface area contributed by atoms with E-state index in [2.05, 4.69) is 5.32 Å². The van der Waals surface area contributed by atoms with Crippen LogP contribution < -0.4 is 10.6 Å². The van der Waals surface area contributed by atoms with Crippen LogP contribution in [0.25, 0.3) is 0 Å². The predicted molar refractivity (Wildman–Crippen MR) is 67.0 cm³/mol. The van der Waals surface area contributed by atoms with Crippen molar-refractivity contribution in [2.24, 2.45) is 0 Å². The number of halogens is 6. The fraction of sp³-hybridized carbons (Fsp3) is 0.385. The smallest absolute Gasteiger partial charge is 0.352 e. The van der Waals surface area contributed by atoms with Gasteiger partial charge in [0.2, 0.25) is 5.91 Å². The summed E-state index contributed by atoms with van der Waals surface area (Å²) in [6, 6.07) is 4.26. The van der Waals surface area contributed by atoms with Crippen molar-refractivity contribution >= 4 is 11.8 Å². The fourth-order valence-electron chi connectivity index (χ4n) is 1.54. The van der Waals surface area contributed by atoms with Gasteiger partial charge in [0, 0.05) is 19.5 Å². The zero-order chi connectivity index (χ0) is 17.7. The Labute approximate surface area is 126 Å². The SMILES string of the molecule is O=C(CCNC(=O)C(F)(F)F)NCc1cccc(C(F)(F)F)c1. The molecule has 0 heterocycles. The van der Waals surface area contributed by atoms with Crippen LogP contribution in [0.4, 0.5) is 26.3 Å². The second-order valence-electron chi connectivity index (χ2n) is 4.48. The van der Waals surface area contributed by atoms with Gasteiger partial charge in [0.15, 0.2) is 0 Å². The minimum atomic E-state index is -5.03. The molecule has 128 valence electrons. The third kappa shape index (κ3) is 6.57. The molecule has 0 saturated carbocycles. The number of amides is 2. The van der Waals surface area contributed by atoms with Crippen LogP contribution in [0.5, 0.6) is 0 Å². The second-order valence-corrected chi connectivity index (χ2v) is 4.48. The van der Waals surface area contributed by atoms with Crippen molar-refractivity contribution in [1.82, 2.24) is 10.6 Å². The molecule has 1 aromatic rings. The van der Waals surface area contributed by atoms with Crippen LogP contribution in [0.15, 0.2) is 24.3 Å². The van der Waals surface area contributed by atoms with E-state index in [1.54, 1.807) is 0 Å². The molecule has 0 aliphatic heterocycles. The molecule has 0 spiro atoms. The molecule has 2 amide bonds. The topological polar surface area (TPSA) is 58.2 Å². The van der Waals surface area contributed by atoms with Crippen LogP contribution in [0.2, 0.25) is 0 Å². The third-order valence-corrected chi connectivity index (χ3v) is 2.64. The van der Waals surface area contributed by atoms with Gasteiger partial charge >= 0.3 is 18.3 Å². The summed E-state index contributed by atoms with van der Waals surface area (Å²) in [6.45, 7) is -0.747. The summed E-state index contributed by atoms with van der Waals surface area (Å²) in [5.41, 5.74) is -0.686. The van der Waals surface area contributed by atoms with E-state index in [0.717, 1.165) is 12.1 Å². The van der Waals surface area contributed by atoms with E-state index in [0.29, 0.717) is 0 Å². The van der Waals surface area contributed by atoms with E-state index in [9.17, 15) is 35.9 Å². The minimum Gasteiger partial charge on any atom is -0.352 e. The van der Waals surface area contributed by atoms with E-state index in [1.165, 1.54) is 17.4 Å². The second kappa shape index (κ2) is 7.34. The fourth-order valence-corrected chi connectivity index (χ4v) is 1.54. The lowest BCUT2D eigenvalue weighted by Crippen LogP contribution is -2.38. The Morgan fingerprint density at radius 2 is 1.65 bits per heavy atom. The summed E-state index contributed by atoms with van der Waals surface area (Å²) in [5, 5.41) is 3.76. The minimum absolute atomic E-state index is 0.188. The molecular formula is C13H12F6N2O2. The largest absolute Gasteiger partial charge is 0.471 e. The van der Waals surface area contributed by atoms with Crippen LogP contribution >= 0.6 is 0 Å². The van der Waals surface area contributed by atoms with Crippen LogP contribution in [-0.2, 0) is 22.3 Å². The van der Waals surface area contributed by atoms with E-state index in [-0.39, 0.29) is 12.1 Å². The van der Waals surface area contributed by atoms with Gasteiger partial charge in [-0.15, -0.1) is 0 Å². The first-order valence-electron chi connectivity index (χ1n) is 6.28. The van der Waals surface area contributed by atoms with Crippen molar-refractivity contribution < 1.29 is 35.9 Å². The Hall–Kier alpha value is -2.26. The number of nitrogens with one attached hydrogen (secondary N) is 2. The summed E-state index contributed by atoms with van der Waals surface area (Å²) in [5.74, 6) is -2.87. The van der Waals surface area contributed by atoms with E-state index >= 15 is 0 Å². The van der Waals surface area contributed by atoms with Gasteiger partial charge in [-0.25, -0.2) is 0 Å². The van der Waals surface area contributed by atoms with E-state index in [1.807, 2.05) is 0 Å². The lowest BCUT2D eigenvalue weighted by molar-refractivity contribution is -0.173. The van der Waals surface area contributed by atoms with Gasteiger partial charge in [0.05, 0.1) is 5.56 Å². The first-order valence-corrected chi connectivity index (χ1v) is 6.28. The molecule has 1 aromatic carbocycles. The predicted octanol–water partition coefficient (Wildman–Crippen LogP) is 2.39. The Morgan fingerprint density at radius 3 is 2.22 bits per heavy atom. The van der Waals surface area contributed by atoms with Gasteiger partial charge in [-0.2, -0.15) is 26.3 Å². The highest BCUT2D eigenvalue weighted by Gasteiger charge is 2.38. The highest BCUT2D eigenvalue weighted by molar-refractivity contribution is 5.82. The number of carbonyl (C=O) groups excluding carboxylic acids is 2. The van der Waals surface area contributed by atoms with Crippen LogP contribution in [0.1, 0.15) is 17.5 Å². The number of hydrogen-bond acceptors (Lipinski definition) is 2. The van der Waals surface area contributed by atoms with E-state index < -0.39 is 42.7 Å². The Bertz CT molecular complexity index is 568. The average molecular weight is 342 g/mol. The van der Waals surface area contributed by atoms with Gasteiger partial charge < -0.3 is 10.6 Å². The number of benzene rings is 1. The summed E-state index contributed by atoms with van der Waals surface area (Å²) in [4.78, 5) is 21.8. The molecule has 1 rings (SSSR count). The molecule has 0 atom stereocenters. The summed E-state index contributed by atoms with van der Waals surface area (Å²) in [6.07, 6.45) is -9.98. The molecule has 0 fully saturated rings. The first-order chi connectivity index (χ1) is 10.5. The number of hydrogen-bond donors (Lipinski definition) is 2. The maximum atomic E-state index is 12.5. The molecule has 0 radical (unpaired) electrons. The maximum absolute atomic E-state index is 12.5. The average Bonchev–Trinajstić information content (AvgIpc) is 2.43. The summed E-state index contributed by atoms with van der Waals surface area (Å²) < 4.78 is 73.1. The van der Waals surface area contributed by atoms with Gasteiger partial charge in [0.1, 0.15) is 0 Å². The lowest BCUT2D eigenvalue weighted by atomic mass is 10.1. The molecular weight excluding hydrogens is 330 g/mol. The van der Waals surface area contributed by atoms with Crippen LogP contribution in [-0.4, -0.2) is 24.5 Å². The van der Waals surface area contributed by atoms with Crippen molar-refractivity contribution in [3.05, 3.63) is 35.4 Å². The van der Waals surface area contributed by atoms with Crippen molar-refractivity contribution in [1.29, 1.82) is 0 Å². The highest BCUT2D eigenvalue weighted by atomic mass is 19.4.